The number of amides is 3. The number of hydrogen-bond acceptors (Lipinski definition) is 5. The van der Waals surface area contributed by atoms with Crippen molar-refractivity contribution in [2.45, 2.75) is 43.6 Å². The molecule has 3 N–H and O–H groups in total. The van der Waals surface area contributed by atoms with Crippen LogP contribution in [0.4, 0.5) is 5.69 Å². The third-order valence-electron chi connectivity index (χ3n) is 8.23. The summed E-state index contributed by atoms with van der Waals surface area (Å²) in [6.45, 7) is 0.470. The second-order valence-electron chi connectivity index (χ2n) is 10.4. The molecule has 3 heterocycles. The molecular formula is C30H31N3O5. The third-order valence-corrected chi connectivity index (χ3v) is 8.23. The number of aliphatic hydroxyl groups is 1. The number of aliphatic hydroxyl groups excluding tert-OH is 1. The molecule has 3 fully saturated rings. The minimum atomic E-state index is -1.06. The fraction of sp³-hybridized carbons (Fsp3) is 0.367. The van der Waals surface area contributed by atoms with E-state index < -0.39 is 29.6 Å². The number of benzene rings is 3. The Hall–Kier alpha value is -3.75. The van der Waals surface area contributed by atoms with Gasteiger partial charge in [0.25, 0.3) is 0 Å². The smallest absolute Gasteiger partial charge is 0.250 e. The Balaban J connectivity index is 1.27. The first-order valence-electron chi connectivity index (χ1n) is 13.2. The lowest BCUT2D eigenvalue weighted by molar-refractivity contribution is -0.141. The maximum absolute atomic E-state index is 13.8. The maximum atomic E-state index is 13.8. The molecule has 6 rings (SSSR count). The quantitative estimate of drug-likeness (QED) is 0.429. The average Bonchev–Trinajstić information content (AvgIpc) is 3.58. The number of rotatable bonds is 8. The van der Waals surface area contributed by atoms with Crippen LogP contribution in [0.15, 0.2) is 72.8 Å². The molecule has 3 amide bonds. The molecule has 8 heteroatoms. The van der Waals surface area contributed by atoms with Gasteiger partial charge in [-0.25, -0.2) is 0 Å². The Morgan fingerprint density at radius 1 is 1.00 bits per heavy atom. The van der Waals surface area contributed by atoms with E-state index in [0.29, 0.717) is 31.5 Å². The van der Waals surface area contributed by atoms with Crippen molar-refractivity contribution >= 4 is 34.2 Å². The van der Waals surface area contributed by atoms with Gasteiger partial charge >= 0.3 is 0 Å². The summed E-state index contributed by atoms with van der Waals surface area (Å²) in [4.78, 5) is 42.6. The number of likely N-dealkylation sites (tertiary alicyclic amines) is 1. The van der Waals surface area contributed by atoms with Gasteiger partial charge in [0.2, 0.25) is 17.7 Å². The fourth-order valence-corrected chi connectivity index (χ4v) is 6.62. The molecule has 0 aromatic heterocycles. The number of nitrogens with zero attached hydrogens (tertiary/aromatic N) is 1. The van der Waals surface area contributed by atoms with E-state index in [2.05, 4.69) is 10.6 Å². The Morgan fingerprint density at radius 2 is 1.76 bits per heavy atom. The number of fused-ring (bicyclic) bond motifs is 2. The van der Waals surface area contributed by atoms with E-state index in [1.54, 1.807) is 0 Å². The largest absolute Gasteiger partial charge is 0.396 e. The SMILES string of the molecule is O=C(Nc1ccc2ccccc2c1)C1N(CCCO)C(=O)[C@@H]2[C@H](C(=O)NCc3ccccc3)[C@@H]3CCC12O3. The van der Waals surface area contributed by atoms with Crippen molar-refractivity contribution < 1.29 is 24.2 Å². The summed E-state index contributed by atoms with van der Waals surface area (Å²) in [6, 6.07) is 22.3. The van der Waals surface area contributed by atoms with Crippen LogP contribution in [-0.2, 0) is 25.7 Å². The van der Waals surface area contributed by atoms with Crippen LogP contribution in [0.1, 0.15) is 24.8 Å². The zero-order valence-electron chi connectivity index (χ0n) is 21.0. The first-order chi connectivity index (χ1) is 18.5. The number of hydrogen-bond donors (Lipinski definition) is 3. The van der Waals surface area contributed by atoms with Crippen LogP contribution in [0.5, 0.6) is 0 Å². The normalized spacial score (nSPS) is 27.5. The van der Waals surface area contributed by atoms with Crippen molar-refractivity contribution in [1.82, 2.24) is 10.2 Å². The van der Waals surface area contributed by atoms with Crippen LogP contribution in [0.2, 0.25) is 0 Å². The molecule has 3 aliphatic heterocycles. The van der Waals surface area contributed by atoms with Crippen LogP contribution in [0.3, 0.4) is 0 Å². The van der Waals surface area contributed by atoms with Gasteiger partial charge in [-0.05, 0) is 47.7 Å². The predicted molar refractivity (Wildman–Crippen MR) is 142 cm³/mol. The molecule has 3 aliphatic rings. The lowest BCUT2D eigenvalue weighted by atomic mass is 9.70. The van der Waals surface area contributed by atoms with Crippen molar-refractivity contribution in [3.63, 3.8) is 0 Å². The van der Waals surface area contributed by atoms with E-state index in [9.17, 15) is 19.5 Å². The summed E-state index contributed by atoms with van der Waals surface area (Å²) in [7, 11) is 0. The van der Waals surface area contributed by atoms with E-state index >= 15 is 0 Å². The molecule has 38 heavy (non-hydrogen) atoms. The molecule has 0 saturated carbocycles. The molecule has 1 spiro atoms. The topological polar surface area (TPSA) is 108 Å². The number of ether oxygens (including phenoxy) is 1. The first kappa shape index (κ1) is 24.6. The highest BCUT2D eigenvalue weighted by molar-refractivity contribution is 6.04. The minimum Gasteiger partial charge on any atom is -0.396 e. The van der Waals surface area contributed by atoms with Gasteiger partial charge < -0.3 is 25.4 Å². The van der Waals surface area contributed by atoms with Gasteiger partial charge in [0.05, 0.1) is 17.9 Å². The molecule has 2 bridgehead atoms. The standard InChI is InChI=1S/C30H31N3O5/c34-16-6-15-33-26(28(36)32-22-12-11-20-9-4-5-10-21(20)17-22)30-14-13-23(38-30)24(25(30)29(33)37)27(35)31-18-19-7-2-1-3-8-19/h1-5,7-12,17,23-26,34H,6,13-16,18H2,(H,31,35)(H,32,36)/t23-,24+,25-,26?,30?/m0/s1. The van der Waals surface area contributed by atoms with E-state index in [-0.39, 0.29) is 30.9 Å². The van der Waals surface area contributed by atoms with Crippen molar-refractivity contribution in [2.75, 3.05) is 18.5 Å². The number of carbonyl (C=O) groups excluding carboxylic acids is 3. The Kier molecular flexibility index (Phi) is 6.37. The molecular weight excluding hydrogens is 482 g/mol. The molecule has 8 nitrogen and oxygen atoms in total. The van der Waals surface area contributed by atoms with Gasteiger partial charge in [-0.2, -0.15) is 0 Å². The molecule has 2 unspecified atom stereocenters. The van der Waals surface area contributed by atoms with Crippen molar-refractivity contribution in [3.05, 3.63) is 78.4 Å². The lowest BCUT2D eigenvalue weighted by Gasteiger charge is -2.33. The van der Waals surface area contributed by atoms with E-state index in [1.165, 1.54) is 4.90 Å². The molecule has 0 aliphatic carbocycles. The summed E-state index contributed by atoms with van der Waals surface area (Å²) >= 11 is 0. The van der Waals surface area contributed by atoms with Gasteiger partial charge in [0.1, 0.15) is 11.6 Å². The highest BCUT2D eigenvalue weighted by atomic mass is 16.5. The van der Waals surface area contributed by atoms with Crippen LogP contribution in [-0.4, -0.2) is 58.6 Å². The molecule has 3 aromatic rings. The van der Waals surface area contributed by atoms with Gasteiger partial charge in [0, 0.05) is 25.4 Å². The Bertz CT molecular complexity index is 1380. The third kappa shape index (κ3) is 4.04. The molecule has 5 atom stereocenters. The van der Waals surface area contributed by atoms with E-state index in [0.717, 1.165) is 16.3 Å². The summed E-state index contributed by atoms with van der Waals surface area (Å²) in [6.07, 6.45) is 1.07. The first-order valence-corrected chi connectivity index (χ1v) is 13.2. The average molecular weight is 514 g/mol. The fourth-order valence-electron chi connectivity index (χ4n) is 6.62. The summed E-state index contributed by atoms with van der Waals surface area (Å²) in [5.74, 6) is -2.20. The summed E-state index contributed by atoms with van der Waals surface area (Å²) in [5.41, 5.74) is 0.537. The van der Waals surface area contributed by atoms with Crippen molar-refractivity contribution in [1.29, 1.82) is 0 Å². The van der Waals surface area contributed by atoms with Crippen LogP contribution in [0.25, 0.3) is 10.8 Å². The second kappa shape index (κ2) is 9.85. The number of anilines is 1. The zero-order chi connectivity index (χ0) is 26.3. The summed E-state index contributed by atoms with van der Waals surface area (Å²) < 4.78 is 6.45. The highest BCUT2D eigenvalue weighted by Gasteiger charge is 2.74. The maximum Gasteiger partial charge on any atom is 0.250 e. The molecule has 3 aromatic carbocycles. The minimum absolute atomic E-state index is 0.106. The van der Waals surface area contributed by atoms with Gasteiger partial charge in [-0.15, -0.1) is 0 Å². The van der Waals surface area contributed by atoms with Gasteiger partial charge in [-0.3, -0.25) is 14.4 Å². The Labute approximate surface area is 221 Å². The molecule has 196 valence electrons. The molecule has 3 saturated heterocycles. The second-order valence-corrected chi connectivity index (χ2v) is 10.4. The van der Waals surface area contributed by atoms with E-state index in [1.807, 2.05) is 72.8 Å². The lowest BCUT2D eigenvalue weighted by Crippen LogP contribution is -2.53. The van der Waals surface area contributed by atoms with Gasteiger partial charge in [0.15, 0.2) is 0 Å². The zero-order valence-corrected chi connectivity index (χ0v) is 21.0. The predicted octanol–water partition coefficient (Wildman–Crippen LogP) is 2.85. The van der Waals surface area contributed by atoms with Gasteiger partial charge in [-0.1, -0.05) is 60.7 Å². The van der Waals surface area contributed by atoms with Crippen LogP contribution >= 0.6 is 0 Å². The highest BCUT2D eigenvalue weighted by Crippen LogP contribution is 2.58. The van der Waals surface area contributed by atoms with Crippen LogP contribution < -0.4 is 10.6 Å². The van der Waals surface area contributed by atoms with Crippen molar-refractivity contribution in [2.24, 2.45) is 11.8 Å². The number of nitrogens with one attached hydrogen (secondary N) is 2. The van der Waals surface area contributed by atoms with Crippen LogP contribution in [0, 0.1) is 11.8 Å². The Morgan fingerprint density at radius 3 is 2.55 bits per heavy atom. The monoisotopic (exact) mass is 513 g/mol. The summed E-state index contributed by atoms with van der Waals surface area (Å²) in [5, 5.41) is 17.5. The van der Waals surface area contributed by atoms with Crippen molar-refractivity contribution in [3.8, 4) is 0 Å². The number of carbonyl (C=O) groups is 3. The molecule has 0 radical (unpaired) electrons. The van der Waals surface area contributed by atoms with E-state index in [4.69, 9.17) is 4.74 Å².